The molecule has 1 aromatic heterocycles. The molecule has 0 bridgehead atoms. The van der Waals surface area contributed by atoms with Gasteiger partial charge in [0.25, 0.3) is 0 Å². The van der Waals surface area contributed by atoms with Crippen LogP contribution in [0.5, 0.6) is 0 Å². The van der Waals surface area contributed by atoms with E-state index in [4.69, 9.17) is 16.9 Å². The van der Waals surface area contributed by atoms with Gasteiger partial charge in [-0.3, -0.25) is 4.79 Å². The lowest BCUT2D eigenvalue weighted by Crippen LogP contribution is -2.32. The van der Waals surface area contributed by atoms with Crippen LogP contribution in [0.25, 0.3) is 0 Å². The molecule has 1 N–H and O–H groups in total. The van der Waals surface area contributed by atoms with E-state index in [1.54, 1.807) is 0 Å². The normalized spacial score (nSPS) is 15.5. The molecule has 5 nitrogen and oxygen atoms in total. The van der Waals surface area contributed by atoms with Crippen molar-refractivity contribution >= 4 is 34.0 Å². The second kappa shape index (κ2) is 7.46. The summed E-state index contributed by atoms with van der Waals surface area (Å²) in [6, 6.07) is 2.01. The van der Waals surface area contributed by atoms with Gasteiger partial charge in [-0.25, -0.2) is 0 Å². The third-order valence-corrected chi connectivity index (χ3v) is 4.52. The lowest BCUT2D eigenvalue weighted by atomic mass is 10.2. The summed E-state index contributed by atoms with van der Waals surface area (Å²) in [7, 11) is 0. The fourth-order valence-electron chi connectivity index (χ4n) is 2.25. The van der Waals surface area contributed by atoms with Crippen molar-refractivity contribution < 1.29 is 4.79 Å². The lowest BCUT2D eigenvalue weighted by molar-refractivity contribution is -0.130. The van der Waals surface area contributed by atoms with Gasteiger partial charge in [0, 0.05) is 26.1 Å². The number of carbonyl (C=O) groups is 1. The highest BCUT2D eigenvalue weighted by atomic mass is 35.5. The van der Waals surface area contributed by atoms with Gasteiger partial charge < -0.3 is 10.2 Å². The van der Waals surface area contributed by atoms with Gasteiger partial charge >= 0.3 is 0 Å². The summed E-state index contributed by atoms with van der Waals surface area (Å²) in [6.45, 7) is 2.24. The van der Waals surface area contributed by atoms with Crippen molar-refractivity contribution in [1.29, 1.82) is 5.26 Å². The predicted molar refractivity (Wildman–Crippen MR) is 80.0 cm³/mol. The zero-order valence-corrected chi connectivity index (χ0v) is 12.8. The Morgan fingerprint density at radius 3 is 2.75 bits per heavy atom. The van der Waals surface area contributed by atoms with Gasteiger partial charge in [0.1, 0.15) is 16.6 Å². The van der Waals surface area contributed by atoms with Crippen LogP contribution in [0, 0.1) is 11.3 Å². The minimum Gasteiger partial charge on any atom is -0.374 e. The Labute approximate surface area is 127 Å². The summed E-state index contributed by atoms with van der Waals surface area (Å²) in [5.41, 5.74) is 0.360. The number of rotatable bonds is 4. The second-order valence-corrected chi connectivity index (χ2v) is 5.89. The van der Waals surface area contributed by atoms with Gasteiger partial charge in [0.15, 0.2) is 5.15 Å². The zero-order chi connectivity index (χ0) is 14.4. The maximum Gasteiger partial charge on any atom is 0.224 e. The molecule has 1 aliphatic heterocycles. The lowest BCUT2D eigenvalue weighted by Gasteiger charge is -2.20. The average molecular weight is 313 g/mol. The summed E-state index contributed by atoms with van der Waals surface area (Å²) < 4.78 is 3.91. The quantitative estimate of drug-likeness (QED) is 0.928. The van der Waals surface area contributed by atoms with Gasteiger partial charge in [0.05, 0.1) is 0 Å². The first-order valence-electron chi connectivity index (χ1n) is 6.79. The first-order chi connectivity index (χ1) is 9.72. The molecule has 2 heterocycles. The number of nitrogens with zero attached hydrogens (tertiary/aromatic N) is 3. The minimum absolute atomic E-state index is 0.175. The number of hydrogen-bond donors (Lipinski definition) is 1. The fraction of sp³-hybridized carbons (Fsp3) is 0.615. The molecule has 20 heavy (non-hydrogen) atoms. The van der Waals surface area contributed by atoms with E-state index < -0.39 is 0 Å². The number of hydrogen-bond acceptors (Lipinski definition) is 5. The Morgan fingerprint density at radius 2 is 2.10 bits per heavy atom. The molecule has 1 saturated heterocycles. The van der Waals surface area contributed by atoms with Crippen molar-refractivity contribution in [3.8, 4) is 6.07 Å². The van der Waals surface area contributed by atoms with Crippen LogP contribution in [0.15, 0.2) is 0 Å². The highest BCUT2D eigenvalue weighted by Gasteiger charge is 2.16. The van der Waals surface area contributed by atoms with E-state index in [0.29, 0.717) is 23.5 Å². The van der Waals surface area contributed by atoms with Crippen LogP contribution in [-0.4, -0.2) is 34.8 Å². The Bertz CT molecular complexity index is 503. The van der Waals surface area contributed by atoms with Crippen molar-refractivity contribution in [2.45, 2.75) is 32.1 Å². The van der Waals surface area contributed by atoms with Crippen LogP contribution < -0.4 is 5.32 Å². The van der Waals surface area contributed by atoms with E-state index in [-0.39, 0.29) is 11.1 Å². The van der Waals surface area contributed by atoms with Gasteiger partial charge in [-0.15, -0.1) is 0 Å². The Balaban J connectivity index is 1.80. The largest absolute Gasteiger partial charge is 0.374 e. The van der Waals surface area contributed by atoms with E-state index in [0.717, 1.165) is 37.5 Å². The third kappa shape index (κ3) is 3.84. The molecule has 0 aliphatic carbocycles. The number of nitriles is 1. The number of amides is 1. The SMILES string of the molecule is N#Cc1c(Cl)nsc1NCCC(=O)N1CCCCCC1. The summed E-state index contributed by atoms with van der Waals surface area (Å²) in [5, 5.41) is 12.9. The number of likely N-dealkylation sites (tertiary alicyclic amines) is 1. The molecule has 108 valence electrons. The summed E-state index contributed by atoms with van der Waals surface area (Å²) in [6.07, 6.45) is 5.06. The molecule has 0 radical (unpaired) electrons. The topological polar surface area (TPSA) is 69.0 Å². The minimum atomic E-state index is 0.175. The number of carbonyl (C=O) groups excluding carboxylic acids is 1. The van der Waals surface area contributed by atoms with E-state index in [1.807, 2.05) is 11.0 Å². The first-order valence-corrected chi connectivity index (χ1v) is 7.94. The van der Waals surface area contributed by atoms with E-state index in [2.05, 4.69) is 9.69 Å². The van der Waals surface area contributed by atoms with Crippen LogP contribution in [0.4, 0.5) is 5.00 Å². The summed E-state index contributed by atoms with van der Waals surface area (Å²) in [5.74, 6) is 0.175. The van der Waals surface area contributed by atoms with E-state index >= 15 is 0 Å². The van der Waals surface area contributed by atoms with Gasteiger partial charge in [-0.1, -0.05) is 24.4 Å². The van der Waals surface area contributed by atoms with E-state index in [9.17, 15) is 4.79 Å². The Morgan fingerprint density at radius 1 is 1.40 bits per heavy atom. The molecule has 0 saturated carbocycles. The Kier molecular flexibility index (Phi) is 5.62. The highest BCUT2D eigenvalue weighted by Crippen LogP contribution is 2.27. The Hall–Kier alpha value is -1.32. The fourth-order valence-corrected chi connectivity index (χ4v) is 3.21. The molecule has 7 heteroatoms. The first kappa shape index (κ1) is 15.1. The monoisotopic (exact) mass is 312 g/mol. The van der Waals surface area contributed by atoms with Gasteiger partial charge in [0.2, 0.25) is 5.91 Å². The summed E-state index contributed by atoms with van der Waals surface area (Å²) >= 11 is 6.94. The van der Waals surface area contributed by atoms with Crippen molar-refractivity contribution in [2.24, 2.45) is 0 Å². The van der Waals surface area contributed by atoms with Crippen LogP contribution in [0.3, 0.4) is 0 Å². The van der Waals surface area contributed by atoms with Crippen LogP contribution in [0.1, 0.15) is 37.7 Å². The van der Waals surface area contributed by atoms with Crippen molar-refractivity contribution in [3.63, 3.8) is 0 Å². The molecule has 1 aliphatic rings. The van der Waals surface area contributed by atoms with Crippen molar-refractivity contribution in [2.75, 3.05) is 25.0 Å². The second-order valence-electron chi connectivity index (χ2n) is 4.76. The number of nitrogens with one attached hydrogen (secondary N) is 1. The van der Waals surface area contributed by atoms with Gasteiger partial charge in [-0.05, 0) is 24.4 Å². The third-order valence-electron chi connectivity index (χ3n) is 3.35. The van der Waals surface area contributed by atoms with Crippen LogP contribution >= 0.6 is 23.1 Å². The average Bonchev–Trinajstić information content (AvgIpc) is 2.67. The van der Waals surface area contributed by atoms with Crippen molar-refractivity contribution in [3.05, 3.63) is 10.7 Å². The molecule has 2 rings (SSSR count). The molecular formula is C13H17ClN4OS. The molecule has 1 fully saturated rings. The molecule has 1 amide bonds. The molecular weight excluding hydrogens is 296 g/mol. The standard InChI is InChI=1S/C13H17ClN4OS/c14-12-10(9-15)13(20-17-12)16-6-5-11(19)18-7-3-1-2-4-8-18/h16H,1-8H2. The molecule has 0 unspecified atom stereocenters. The zero-order valence-electron chi connectivity index (χ0n) is 11.2. The van der Waals surface area contributed by atoms with E-state index in [1.165, 1.54) is 12.8 Å². The molecule has 1 aromatic rings. The number of aromatic nitrogens is 1. The molecule has 0 spiro atoms. The maximum absolute atomic E-state index is 12.1. The van der Waals surface area contributed by atoms with Crippen LogP contribution in [0.2, 0.25) is 5.15 Å². The number of anilines is 1. The van der Waals surface area contributed by atoms with Crippen molar-refractivity contribution in [1.82, 2.24) is 9.27 Å². The smallest absolute Gasteiger partial charge is 0.224 e. The molecule has 0 atom stereocenters. The maximum atomic E-state index is 12.1. The van der Waals surface area contributed by atoms with Crippen LogP contribution in [-0.2, 0) is 4.79 Å². The predicted octanol–water partition coefficient (Wildman–Crippen LogP) is 2.87. The number of halogens is 1. The van der Waals surface area contributed by atoms with Gasteiger partial charge in [-0.2, -0.15) is 9.64 Å². The molecule has 0 aromatic carbocycles. The highest BCUT2D eigenvalue weighted by molar-refractivity contribution is 7.10. The summed E-state index contributed by atoms with van der Waals surface area (Å²) in [4.78, 5) is 14.0.